The molecule has 2 heterocycles. The average molecular weight is 242 g/mol. The molecule has 1 aliphatic heterocycles. The molecule has 0 aliphatic carbocycles. The van der Waals surface area contributed by atoms with Gasteiger partial charge in [0.1, 0.15) is 5.15 Å². The van der Waals surface area contributed by atoms with Crippen molar-refractivity contribution in [2.24, 2.45) is 13.0 Å². The third kappa shape index (κ3) is 2.25. The van der Waals surface area contributed by atoms with Crippen LogP contribution in [-0.2, 0) is 13.6 Å². The maximum atomic E-state index is 6.24. The molecule has 3 nitrogen and oxygen atoms in total. The lowest BCUT2D eigenvalue weighted by molar-refractivity contribution is 0.314. The zero-order valence-electron chi connectivity index (χ0n) is 10.3. The smallest absolute Gasteiger partial charge is 0.131 e. The molecule has 0 spiro atoms. The highest BCUT2D eigenvalue weighted by Crippen LogP contribution is 2.25. The van der Waals surface area contributed by atoms with Crippen molar-refractivity contribution in [3.05, 3.63) is 16.4 Å². The molecule has 0 saturated carbocycles. The van der Waals surface area contributed by atoms with E-state index in [2.05, 4.69) is 16.9 Å². The quantitative estimate of drug-likeness (QED) is 0.811. The minimum atomic E-state index is 0.789. The van der Waals surface area contributed by atoms with Gasteiger partial charge in [-0.15, -0.1) is 0 Å². The van der Waals surface area contributed by atoms with E-state index in [-0.39, 0.29) is 0 Å². The van der Waals surface area contributed by atoms with E-state index in [1.807, 2.05) is 14.0 Å². The van der Waals surface area contributed by atoms with Crippen molar-refractivity contribution in [2.45, 2.75) is 33.2 Å². The molecule has 90 valence electrons. The highest BCUT2D eigenvalue weighted by atomic mass is 35.5. The third-order valence-electron chi connectivity index (χ3n) is 3.60. The van der Waals surface area contributed by atoms with Crippen molar-refractivity contribution in [3.8, 4) is 0 Å². The van der Waals surface area contributed by atoms with Gasteiger partial charge in [0.2, 0.25) is 0 Å². The number of rotatable bonds is 3. The fourth-order valence-corrected chi connectivity index (χ4v) is 2.70. The van der Waals surface area contributed by atoms with Crippen LogP contribution in [0, 0.1) is 12.8 Å². The van der Waals surface area contributed by atoms with Gasteiger partial charge in [-0.3, -0.25) is 9.58 Å². The minimum absolute atomic E-state index is 0.789. The van der Waals surface area contributed by atoms with Crippen LogP contribution in [0.25, 0.3) is 0 Å². The number of aryl methyl sites for hydroxylation is 2. The molecule has 0 bridgehead atoms. The minimum Gasteiger partial charge on any atom is -0.299 e. The molecule has 1 aromatic heterocycles. The van der Waals surface area contributed by atoms with Crippen LogP contribution >= 0.6 is 11.6 Å². The van der Waals surface area contributed by atoms with Crippen LogP contribution in [-0.4, -0.2) is 27.8 Å². The largest absolute Gasteiger partial charge is 0.299 e. The predicted octanol–water partition coefficient (Wildman–Crippen LogP) is 2.61. The Morgan fingerprint density at radius 3 is 2.75 bits per heavy atom. The van der Waals surface area contributed by atoms with Gasteiger partial charge < -0.3 is 0 Å². The monoisotopic (exact) mass is 241 g/mol. The Balaban J connectivity index is 2.04. The van der Waals surface area contributed by atoms with Crippen molar-refractivity contribution in [3.63, 3.8) is 0 Å². The topological polar surface area (TPSA) is 21.1 Å². The van der Waals surface area contributed by atoms with Crippen LogP contribution in [0.1, 0.15) is 31.0 Å². The second-order valence-electron chi connectivity index (χ2n) is 4.78. The molecule has 1 aromatic rings. The zero-order chi connectivity index (χ0) is 11.7. The lowest BCUT2D eigenvalue weighted by Gasteiger charge is -2.15. The Morgan fingerprint density at radius 1 is 1.50 bits per heavy atom. The second-order valence-corrected chi connectivity index (χ2v) is 5.13. The third-order valence-corrected chi connectivity index (χ3v) is 4.07. The molecule has 4 heteroatoms. The molecule has 1 fully saturated rings. The van der Waals surface area contributed by atoms with Crippen LogP contribution in [0.15, 0.2) is 0 Å². The van der Waals surface area contributed by atoms with Crippen LogP contribution < -0.4 is 0 Å². The summed E-state index contributed by atoms with van der Waals surface area (Å²) >= 11 is 6.24. The van der Waals surface area contributed by atoms with Gasteiger partial charge in [-0.05, 0) is 25.8 Å². The second kappa shape index (κ2) is 4.76. The summed E-state index contributed by atoms with van der Waals surface area (Å²) < 4.78 is 1.76. The van der Waals surface area contributed by atoms with E-state index >= 15 is 0 Å². The Hall–Kier alpha value is -0.540. The number of aromatic nitrogens is 2. The number of likely N-dealkylation sites (tertiary alicyclic amines) is 1. The van der Waals surface area contributed by atoms with E-state index in [0.717, 1.165) is 23.3 Å². The van der Waals surface area contributed by atoms with Gasteiger partial charge in [0.25, 0.3) is 0 Å². The molecule has 0 aromatic carbocycles. The predicted molar refractivity (Wildman–Crippen MR) is 66.6 cm³/mol. The van der Waals surface area contributed by atoms with Crippen molar-refractivity contribution < 1.29 is 0 Å². The van der Waals surface area contributed by atoms with E-state index in [1.165, 1.54) is 31.5 Å². The highest BCUT2D eigenvalue weighted by Gasteiger charge is 2.23. The van der Waals surface area contributed by atoms with Crippen molar-refractivity contribution in [1.82, 2.24) is 14.7 Å². The van der Waals surface area contributed by atoms with Crippen LogP contribution in [0.2, 0.25) is 5.15 Å². The molecule has 0 N–H and O–H groups in total. The van der Waals surface area contributed by atoms with Gasteiger partial charge in [-0.2, -0.15) is 5.10 Å². The Morgan fingerprint density at radius 2 is 2.25 bits per heavy atom. The molecule has 0 amide bonds. The maximum Gasteiger partial charge on any atom is 0.131 e. The SMILES string of the molecule is CCC1CCN(Cc2c(C)nn(C)c2Cl)C1. The first-order valence-corrected chi connectivity index (χ1v) is 6.40. The molecular weight excluding hydrogens is 222 g/mol. The molecule has 1 atom stereocenters. The lowest BCUT2D eigenvalue weighted by atomic mass is 10.1. The van der Waals surface area contributed by atoms with Crippen molar-refractivity contribution >= 4 is 11.6 Å². The Kier molecular flexibility index (Phi) is 3.55. The first-order valence-electron chi connectivity index (χ1n) is 6.02. The molecule has 16 heavy (non-hydrogen) atoms. The van der Waals surface area contributed by atoms with E-state index < -0.39 is 0 Å². The van der Waals surface area contributed by atoms with Gasteiger partial charge in [0.15, 0.2) is 0 Å². The van der Waals surface area contributed by atoms with E-state index in [9.17, 15) is 0 Å². The first-order chi connectivity index (χ1) is 7.61. The molecule has 1 aliphatic rings. The van der Waals surface area contributed by atoms with Gasteiger partial charge in [0, 0.05) is 25.7 Å². The molecule has 1 unspecified atom stereocenters. The maximum absolute atomic E-state index is 6.24. The van der Waals surface area contributed by atoms with Crippen LogP contribution in [0.4, 0.5) is 0 Å². The zero-order valence-corrected chi connectivity index (χ0v) is 11.1. The van der Waals surface area contributed by atoms with E-state index in [0.29, 0.717) is 0 Å². The lowest BCUT2D eigenvalue weighted by Crippen LogP contribution is -2.20. The molecule has 2 rings (SSSR count). The van der Waals surface area contributed by atoms with Gasteiger partial charge >= 0.3 is 0 Å². The fraction of sp³-hybridized carbons (Fsp3) is 0.750. The average Bonchev–Trinajstić information content (AvgIpc) is 2.80. The Bertz CT molecular complexity index is 373. The molecular formula is C12H20ClN3. The van der Waals surface area contributed by atoms with Crippen molar-refractivity contribution in [1.29, 1.82) is 0 Å². The van der Waals surface area contributed by atoms with Crippen LogP contribution in [0.3, 0.4) is 0 Å². The summed E-state index contributed by atoms with van der Waals surface area (Å²) in [6.07, 6.45) is 2.61. The number of halogens is 1. The number of hydrogen-bond acceptors (Lipinski definition) is 2. The molecule has 1 saturated heterocycles. The normalized spacial score (nSPS) is 21.9. The van der Waals surface area contributed by atoms with Gasteiger partial charge in [-0.25, -0.2) is 0 Å². The summed E-state index contributed by atoms with van der Waals surface area (Å²) in [5.74, 6) is 0.871. The summed E-state index contributed by atoms with van der Waals surface area (Å²) in [5, 5.41) is 5.14. The van der Waals surface area contributed by atoms with Gasteiger partial charge in [0.05, 0.1) is 5.69 Å². The number of nitrogens with zero attached hydrogens (tertiary/aromatic N) is 3. The summed E-state index contributed by atoms with van der Waals surface area (Å²) in [6.45, 7) is 7.67. The van der Waals surface area contributed by atoms with E-state index in [1.54, 1.807) is 4.68 Å². The number of hydrogen-bond donors (Lipinski definition) is 0. The summed E-state index contributed by atoms with van der Waals surface area (Å²) in [7, 11) is 1.90. The first kappa shape index (κ1) is 11.9. The van der Waals surface area contributed by atoms with Crippen molar-refractivity contribution in [2.75, 3.05) is 13.1 Å². The highest BCUT2D eigenvalue weighted by molar-refractivity contribution is 6.30. The van der Waals surface area contributed by atoms with Crippen LogP contribution in [0.5, 0.6) is 0 Å². The molecule has 0 radical (unpaired) electrons. The van der Waals surface area contributed by atoms with E-state index in [4.69, 9.17) is 11.6 Å². The summed E-state index contributed by atoms with van der Waals surface area (Å²) in [6, 6.07) is 0. The van der Waals surface area contributed by atoms with Gasteiger partial charge in [-0.1, -0.05) is 24.9 Å². The fourth-order valence-electron chi connectivity index (χ4n) is 2.47. The standard InChI is InChI=1S/C12H20ClN3/c1-4-10-5-6-16(7-10)8-11-9(2)14-15(3)12(11)13/h10H,4-8H2,1-3H3. The summed E-state index contributed by atoms with van der Waals surface area (Å²) in [4.78, 5) is 2.49. The summed E-state index contributed by atoms with van der Waals surface area (Å²) in [5.41, 5.74) is 2.26. The Labute approximate surface area is 102 Å².